The first-order valence-electron chi connectivity index (χ1n) is 9.39. The van der Waals surface area contributed by atoms with Gasteiger partial charge in [-0.05, 0) is 39.2 Å². The molecule has 2 heterocycles. The number of ether oxygens (including phenoxy) is 1. The van der Waals surface area contributed by atoms with Gasteiger partial charge in [0.15, 0.2) is 0 Å². The Morgan fingerprint density at radius 3 is 2.67 bits per heavy atom. The van der Waals surface area contributed by atoms with Crippen molar-refractivity contribution in [2.45, 2.75) is 64.3 Å². The van der Waals surface area contributed by atoms with E-state index in [9.17, 15) is 9.59 Å². The number of carbonyl (C=O) groups is 2. The number of hydrogen-bond donors (Lipinski definition) is 1. The molecule has 2 atom stereocenters. The normalized spacial score (nSPS) is 23.1. The van der Waals surface area contributed by atoms with Crippen LogP contribution in [0.1, 0.15) is 45.6 Å². The number of alkyl carbamates (subject to hydrolysis) is 1. The molecular weight excluding hydrogens is 362 g/mol. The molecule has 2 fully saturated rings. The lowest BCUT2D eigenvalue weighted by Crippen LogP contribution is -2.64. The van der Waals surface area contributed by atoms with Gasteiger partial charge in [-0.25, -0.2) is 9.59 Å². The number of fused-ring (bicyclic) bond motifs is 1. The van der Waals surface area contributed by atoms with Crippen molar-refractivity contribution < 1.29 is 14.3 Å². The van der Waals surface area contributed by atoms with Crippen LogP contribution in [0.25, 0.3) is 0 Å². The third-order valence-corrected chi connectivity index (χ3v) is 5.21. The maximum atomic E-state index is 13.1. The summed E-state index contributed by atoms with van der Waals surface area (Å²) in [6.45, 7) is 6.66. The molecule has 2 aliphatic heterocycles. The molecule has 1 aromatic carbocycles. The first-order chi connectivity index (χ1) is 12.7. The fraction of sp³-hybridized carbons (Fsp3) is 0.550. The van der Waals surface area contributed by atoms with E-state index < -0.39 is 11.7 Å². The van der Waals surface area contributed by atoms with E-state index in [0.29, 0.717) is 24.5 Å². The molecule has 0 bridgehead atoms. The van der Waals surface area contributed by atoms with Crippen molar-refractivity contribution in [2.24, 2.45) is 0 Å². The van der Waals surface area contributed by atoms with Crippen molar-refractivity contribution >= 4 is 29.3 Å². The van der Waals surface area contributed by atoms with Gasteiger partial charge in [-0.15, -0.1) is 0 Å². The highest BCUT2D eigenvalue weighted by Gasteiger charge is 2.43. The summed E-state index contributed by atoms with van der Waals surface area (Å²) in [7, 11) is 0. The SMILES string of the molecule is CC(C)(C)OC(=O)NC1CCCN2C(=O)N(Cc3ccccc3)C(=S)CC12. The largest absolute Gasteiger partial charge is 0.444 e. The quantitative estimate of drug-likeness (QED) is 0.801. The van der Waals surface area contributed by atoms with Gasteiger partial charge in [0.1, 0.15) is 5.60 Å². The van der Waals surface area contributed by atoms with E-state index >= 15 is 0 Å². The molecule has 3 rings (SSSR count). The Balaban J connectivity index is 1.69. The van der Waals surface area contributed by atoms with Gasteiger partial charge in [0, 0.05) is 13.0 Å². The van der Waals surface area contributed by atoms with Gasteiger partial charge >= 0.3 is 12.1 Å². The fourth-order valence-electron chi connectivity index (χ4n) is 3.65. The summed E-state index contributed by atoms with van der Waals surface area (Å²) in [6, 6.07) is 9.52. The molecule has 2 unspecified atom stereocenters. The van der Waals surface area contributed by atoms with Gasteiger partial charge in [-0.3, -0.25) is 4.90 Å². The Labute approximate surface area is 165 Å². The van der Waals surface area contributed by atoms with Crippen LogP contribution < -0.4 is 5.32 Å². The summed E-state index contributed by atoms with van der Waals surface area (Å²) in [5.74, 6) is 0. The average molecular weight is 390 g/mol. The van der Waals surface area contributed by atoms with Crippen molar-refractivity contribution in [1.82, 2.24) is 15.1 Å². The monoisotopic (exact) mass is 389 g/mol. The van der Waals surface area contributed by atoms with Crippen LogP contribution in [0.4, 0.5) is 9.59 Å². The van der Waals surface area contributed by atoms with Crippen LogP contribution in [0.15, 0.2) is 30.3 Å². The Bertz CT molecular complexity index is 717. The zero-order valence-corrected chi connectivity index (χ0v) is 16.9. The number of amides is 3. The molecule has 146 valence electrons. The summed E-state index contributed by atoms with van der Waals surface area (Å²) < 4.78 is 5.38. The van der Waals surface area contributed by atoms with Crippen molar-refractivity contribution in [3.8, 4) is 0 Å². The number of urea groups is 1. The molecule has 3 amide bonds. The second-order valence-electron chi connectivity index (χ2n) is 8.11. The second-order valence-corrected chi connectivity index (χ2v) is 8.58. The maximum Gasteiger partial charge on any atom is 0.407 e. The number of carbonyl (C=O) groups excluding carboxylic acids is 2. The lowest BCUT2D eigenvalue weighted by molar-refractivity contribution is 0.0415. The van der Waals surface area contributed by atoms with Crippen LogP contribution >= 0.6 is 12.2 Å². The molecule has 27 heavy (non-hydrogen) atoms. The lowest BCUT2D eigenvalue weighted by Gasteiger charge is -2.47. The molecule has 1 aromatic rings. The molecule has 2 aliphatic rings. The number of hydrogen-bond acceptors (Lipinski definition) is 4. The van der Waals surface area contributed by atoms with Crippen LogP contribution in [0.2, 0.25) is 0 Å². The molecule has 0 saturated carbocycles. The first-order valence-corrected chi connectivity index (χ1v) is 9.80. The highest BCUT2D eigenvalue weighted by molar-refractivity contribution is 7.80. The number of piperidine rings is 1. The molecule has 6 nitrogen and oxygen atoms in total. The lowest BCUT2D eigenvalue weighted by atomic mass is 9.92. The molecule has 0 aliphatic carbocycles. The maximum absolute atomic E-state index is 13.1. The number of rotatable bonds is 3. The summed E-state index contributed by atoms with van der Waals surface area (Å²) in [5, 5.41) is 2.95. The van der Waals surface area contributed by atoms with Gasteiger partial charge in [-0.2, -0.15) is 0 Å². The van der Waals surface area contributed by atoms with E-state index in [0.717, 1.165) is 18.4 Å². The molecule has 1 N–H and O–H groups in total. The average Bonchev–Trinajstić information content (AvgIpc) is 2.58. The molecule has 0 spiro atoms. The predicted octanol–water partition coefficient (Wildman–Crippen LogP) is 3.70. The Hall–Kier alpha value is -2.15. The van der Waals surface area contributed by atoms with E-state index in [4.69, 9.17) is 17.0 Å². The van der Waals surface area contributed by atoms with Gasteiger partial charge in [0.2, 0.25) is 0 Å². The summed E-state index contributed by atoms with van der Waals surface area (Å²) in [5.41, 5.74) is 0.495. The minimum atomic E-state index is -0.553. The number of thiocarbonyl (C=S) groups is 1. The Kier molecular flexibility index (Phi) is 5.69. The third-order valence-electron chi connectivity index (χ3n) is 4.83. The van der Waals surface area contributed by atoms with E-state index in [-0.39, 0.29) is 18.1 Å². The predicted molar refractivity (Wildman–Crippen MR) is 107 cm³/mol. The summed E-state index contributed by atoms with van der Waals surface area (Å²) >= 11 is 5.56. The summed E-state index contributed by atoms with van der Waals surface area (Å²) in [6.07, 6.45) is 1.79. The Morgan fingerprint density at radius 2 is 2.00 bits per heavy atom. The van der Waals surface area contributed by atoms with Gasteiger partial charge in [0.05, 0.1) is 23.6 Å². The minimum Gasteiger partial charge on any atom is -0.444 e. The number of nitrogens with one attached hydrogen (secondary N) is 1. The first kappa shape index (κ1) is 19.6. The van der Waals surface area contributed by atoms with Crippen molar-refractivity contribution in [3.05, 3.63) is 35.9 Å². The van der Waals surface area contributed by atoms with E-state index in [1.807, 2.05) is 56.0 Å². The van der Waals surface area contributed by atoms with Crippen molar-refractivity contribution in [1.29, 1.82) is 0 Å². The molecule has 0 radical (unpaired) electrons. The number of benzene rings is 1. The highest BCUT2D eigenvalue weighted by Crippen LogP contribution is 2.28. The van der Waals surface area contributed by atoms with Crippen LogP contribution in [-0.2, 0) is 11.3 Å². The van der Waals surface area contributed by atoms with Gasteiger partial charge < -0.3 is 15.0 Å². The van der Waals surface area contributed by atoms with Crippen LogP contribution in [0.3, 0.4) is 0 Å². The number of nitrogens with zero attached hydrogens (tertiary/aromatic N) is 2. The van der Waals surface area contributed by atoms with E-state index in [1.54, 1.807) is 4.90 Å². The highest BCUT2D eigenvalue weighted by atomic mass is 32.1. The zero-order chi connectivity index (χ0) is 19.6. The molecule has 0 aromatic heterocycles. The second kappa shape index (κ2) is 7.84. The van der Waals surface area contributed by atoms with Crippen molar-refractivity contribution in [2.75, 3.05) is 6.54 Å². The van der Waals surface area contributed by atoms with E-state index in [1.165, 1.54) is 0 Å². The zero-order valence-electron chi connectivity index (χ0n) is 16.1. The fourth-order valence-corrected chi connectivity index (χ4v) is 3.96. The van der Waals surface area contributed by atoms with Crippen LogP contribution in [0.5, 0.6) is 0 Å². The molecule has 2 saturated heterocycles. The van der Waals surface area contributed by atoms with E-state index in [2.05, 4.69) is 5.32 Å². The third kappa shape index (κ3) is 4.77. The topological polar surface area (TPSA) is 61.9 Å². The minimum absolute atomic E-state index is 0.0733. The Morgan fingerprint density at radius 1 is 1.30 bits per heavy atom. The van der Waals surface area contributed by atoms with Gasteiger partial charge in [-0.1, -0.05) is 42.5 Å². The summed E-state index contributed by atoms with van der Waals surface area (Å²) in [4.78, 5) is 29.4. The van der Waals surface area contributed by atoms with Crippen LogP contribution in [0, 0.1) is 0 Å². The molecular formula is C20H27N3O3S. The van der Waals surface area contributed by atoms with Crippen molar-refractivity contribution in [3.63, 3.8) is 0 Å². The van der Waals surface area contributed by atoms with Crippen LogP contribution in [-0.4, -0.2) is 51.1 Å². The molecule has 7 heteroatoms. The smallest absolute Gasteiger partial charge is 0.407 e. The standard InChI is InChI=1S/C20H27N3O3S/c1-20(2,3)26-18(24)21-15-10-7-11-22-16(15)12-17(27)23(19(22)25)13-14-8-5-4-6-9-14/h4-6,8-9,15-16H,7,10-13H2,1-3H3,(H,21,24). The van der Waals surface area contributed by atoms with Gasteiger partial charge in [0.25, 0.3) is 0 Å².